The molecule has 1 aromatic rings. The molecule has 1 aromatic carbocycles. The zero-order valence-corrected chi connectivity index (χ0v) is 12.0. The highest BCUT2D eigenvalue weighted by molar-refractivity contribution is 9.13. The summed E-state index contributed by atoms with van der Waals surface area (Å²) < 4.78 is 7.77. The van der Waals surface area contributed by atoms with Crippen molar-refractivity contribution in [2.45, 2.75) is 26.1 Å². The largest absolute Gasteiger partial charge is 0.370 e. The average Bonchev–Trinajstić information content (AvgIpc) is 2.18. The van der Waals surface area contributed by atoms with Crippen molar-refractivity contribution in [3.63, 3.8) is 0 Å². The van der Waals surface area contributed by atoms with Crippen molar-refractivity contribution in [2.75, 3.05) is 6.54 Å². The van der Waals surface area contributed by atoms with Gasteiger partial charge in [0, 0.05) is 15.5 Å². The molecule has 84 valence electrons. The molecule has 0 aliphatic carbocycles. The van der Waals surface area contributed by atoms with Crippen LogP contribution in [0.5, 0.6) is 0 Å². The predicted molar refractivity (Wildman–Crippen MR) is 69.9 cm³/mol. The Morgan fingerprint density at radius 1 is 1.27 bits per heavy atom. The molecular weight excluding hydrogens is 322 g/mol. The second-order valence-corrected chi connectivity index (χ2v) is 5.29. The summed E-state index contributed by atoms with van der Waals surface area (Å²) >= 11 is 6.90. The minimum Gasteiger partial charge on any atom is -0.370 e. The normalized spacial score (nSPS) is 13.2. The number of halogens is 2. The molecule has 0 radical (unpaired) electrons. The Hall–Kier alpha value is 0.1000. The monoisotopic (exact) mass is 335 g/mol. The Bertz CT molecular complexity index is 328. The van der Waals surface area contributed by atoms with Crippen molar-refractivity contribution in [1.29, 1.82) is 0 Å². The van der Waals surface area contributed by atoms with Crippen LogP contribution in [-0.2, 0) is 4.74 Å². The first-order valence-corrected chi connectivity index (χ1v) is 6.43. The minimum absolute atomic E-state index is 0.0330. The summed E-state index contributed by atoms with van der Waals surface area (Å²) in [6.45, 7) is 4.51. The van der Waals surface area contributed by atoms with Crippen molar-refractivity contribution in [3.05, 3.63) is 32.7 Å². The molecule has 4 heteroatoms. The summed E-state index contributed by atoms with van der Waals surface area (Å²) in [6, 6.07) is 6.05. The molecule has 1 rings (SSSR count). The first-order valence-electron chi connectivity index (χ1n) is 4.85. The van der Waals surface area contributed by atoms with E-state index >= 15 is 0 Å². The van der Waals surface area contributed by atoms with E-state index in [1.54, 1.807) is 0 Å². The maximum atomic E-state index is 5.72. The summed E-state index contributed by atoms with van der Waals surface area (Å²) in [4.78, 5) is 0. The summed E-state index contributed by atoms with van der Waals surface area (Å²) in [5.74, 6) is 0. The summed E-state index contributed by atoms with van der Waals surface area (Å²) in [5, 5.41) is 0. The number of hydrogen-bond donors (Lipinski definition) is 1. The molecule has 0 amide bonds. The average molecular weight is 337 g/mol. The molecule has 1 unspecified atom stereocenters. The lowest BCUT2D eigenvalue weighted by Crippen LogP contribution is -2.19. The van der Waals surface area contributed by atoms with Crippen molar-refractivity contribution in [3.8, 4) is 0 Å². The third-order valence-corrected chi connectivity index (χ3v) is 3.85. The SMILES string of the molecule is CC(C)OC(CN)c1ccc(Br)c(Br)c1. The summed E-state index contributed by atoms with van der Waals surface area (Å²) in [6.07, 6.45) is 0.148. The number of rotatable bonds is 4. The van der Waals surface area contributed by atoms with Crippen LogP contribution in [0.3, 0.4) is 0 Å². The van der Waals surface area contributed by atoms with Gasteiger partial charge in [0.05, 0.1) is 12.2 Å². The topological polar surface area (TPSA) is 35.2 Å². The molecule has 0 fully saturated rings. The van der Waals surface area contributed by atoms with Gasteiger partial charge in [-0.25, -0.2) is 0 Å². The lowest BCUT2D eigenvalue weighted by atomic mass is 10.1. The molecule has 0 bridgehead atoms. The fraction of sp³-hybridized carbons (Fsp3) is 0.455. The van der Waals surface area contributed by atoms with E-state index in [1.807, 2.05) is 32.0 Å². The van der Waals surface area contributed by atoms with Crippen LogP contribution in [0.2, 0.25) is 0 Å². The molecular formula is C11H15Br2NO. The van der Waals surface area contributed by atoms with E-state index in [9.17, 15) is 0 Å². The van der Waals surface area contributed by atoms with Gasteiger partial charge in [0.2, 0.25) is 0 Å². The van der Waals surface area contributed by atoms with Gasteiger partial charge in [-0.05, 0) is 63.4 Å². The van der Waals surface area contributed by atoms with Gasteiger partial charge in [0.15, 0.2) is 0 Å². The van der Waals surface area contributed by atoms with Crippen molar-refractivity contribution >= 4 is 31.9 Å². The molecule has 0 spiro atoms. The highest BCUT2D eigenvalue weighted by Gasteiger charge is 2.12. The molecule has 2 N–H and O–H groups in total. The zero-order chi connectivity index (χ0) is 11.4. The van der Waals surface area contributed by atoms with E-state index in [4.69, 9.17) is 10.5 Å². The van der Waals surface area contributed by atoms with E-state index in [-0.39, 0.29) is 12.2 Å². The fourth-order valence-electron chi connectivity index (χ4n) is 1.31. The molecule has 0 heterocycles. The van der Waals surface area contributed by atoms with Crippen LogP contribution in [0, 0.1) is 0 Å². The van der Waals surface area contributed by atoms with Gasteiger partial charge in [0.1, 0.15) is 0 Å². The lowest BCUT2D eigenvalue weighted by Gasteiger charge is -2.19. The van der Waals surface area contributed by atoms with E-state index < -0.39 is 0 Å². The van der Waals surface area contributed by atoms with Crippen molar-refractivity contribution in [1.82, 2.24) is 0 Å². The fourth-order valence-corrected chi connectivity index (χ4v) is 1.95. The Kier molecular flexibility index (Phi) is 5.26. The van der Waals surface area contributed by atoms with Crippen molar-refractivity contribution in [2.24, 2.45) is 5.73 Å². The van der Waals surface area contributed by atoms with Gasteiger partial charge in [0.25, 0.3) is 0 Å². The van der Waals surface area contributed by atoms with Gasteiger partial charge in [-0.2, -0.15) is 0 Å². The standard InChI is InChI=1S/C11H15Br2NO/c1-7(2)15-11(6-14)8-3-4-9(12)10(13)5-8/h3-5,7,11H,6,14H2,1-2H3. The van der Waals surface area contributed by atoms with Gasteiger partial charge in [-0.3, -0.25) is 0 Å². The zero-order valence-electron chi connectivity index (χ0n) is 8.84. The van der Waals surface area contributed by atoms with E-state index in [0.717, 1.165) is 14.5 Å². The number of ether oxygens (including phenoxy) is 1. The number of benzene rings is 1. The molecule has 0 saturated carbocycles. The van der Waals surface area contributed by atoms with Crippen LogP contribution in [0.1, 0.15) is 25.5 Å². The first kappa shape index (κ1) is 13.2. The first-order chi connectivity index (χ1) is 7.04. The molecule has 0 saturated heterocycles. The van der Waals surface area contributed by atoms with Crippen LogP contribution in [0.25, 0.3) is 0 Å². The van der Waals surface area contributed by atoms with Crippen LogP contribution < -0.4 is 5.73 Å². The third kappa shape index (κ3) is 3.87. The van der Waals surface area contributed by atoms with Gasteiger partial charge in [-0.15, -0.1) is 0 Å². The van der Waals surface area contributed by atoms with E-state index in [1.165, 1.54) is 0 Å². The minimum atomic E-state index is -0.0330. The Morgan fingerprint density at radius 2 is 1.93 bits per heavy atom. The highest BCUT2D eigenvalue weighted by Crippen LogP contribution is 2.27. The quantitative estimate of drug-likeness (QED) is 0.911. The maximum Gasteiger partial charge on any atom is 0.0950 e. The van der Waals surface area contributed by atoms with E-state index in [0.29, 0.717) is 6.54 Å². The van der Waals surface area contributed by atoms with E-state index in [2.05, 4.69) is 31.9 Å². The number of nitrogens with two attached hydrogens (primary N) is 1. The molecule has 15 heavy (non-hydrogen) atoms. The molecule has 0 aromatic heterocycles. The second kappa shape index (κ2) is 5.99. The van der Waals surface area contributed by atoms with Gasteiger partial charge < -0.3 is 10.5 Å². The molecule has 2 nitrogen and oxygen atoms in total. The third-order valence-electron chi connectivity index (χ3n) is 1.97. The number of hydrogen-bond acceptors (Lipinski definition) is 2. The summed E-state index contributed by atoms with van der Waals surface area (Å²) in [5.41, 5.74) is 6.79. The smallest absolute Gasteiger partial charge is 0.0950 e. The Morgan fingerprint density at radius 3 is 2.40 bits per heavy atom. The van der Waals surface area contributed by atoms with Gasteiger partial charge in [-0.1, -0.05) is 6.07 Å². The summed E-state index contributed by atoms with van der Waals surface area (Å²) in [7, 11) is 0. The van der Waals surface area contributed by atoms with Crippen molar-refractivity contribution < 1.29 is 4.74 Å². The highest BCUT2D eigenvalue weighted by atomic mass is 79.9. The van der Waals surface area contributed by atoms with Crippen LogP contribution in [0.4, 0.5) is 0 Å². The molecule has 1 atom stereocenters. The van der Waals surface area contributed by atoms with Crippen LogP contribution in [-0.4, -0.2) is 12.6 Å². The van der Waals surface area contributed by atoms with Crippen LogP contribution in [0.15, 0.2) is 27.1 Å². The predicted octanol–water partition coefficient (Wildman–Crippen LogP) is 3.64. The second-order valence-electron chi connectivity index (χ2n) is 3.58. The maximum absolute atomic E-state index is 5.72. The van der Waals surface area contributed by atoms with Crippen LogP contribution >= 0.6 is 31.9 Å². The lowest BCUT2D eigenvalue weighted by molar-refractivity contribution is 0.0119. The Balaban J connectivity index is 2.87. The Labute approximate surface area is 107 Å². The molecule has 0 aliphatic heterocycles. The van der Waals surface area contributed by atoms with Gasteiger partial charge >= 0.3 is 0 Å². The molecule has 0 aliphatic rings.